The number of aliphatic carboxylic acids is 1. The molecule has 194 valence electrons. The van der Waals surface area contributed by atoms with Crippen molar-refractivity contribution in [2.24, 2.45) is 0 Å². The van der Waals surface area contributed by atoms with Crippen molar-refractivity contribution in [1.29, 1.82) is 0 Å². The number of carboxylic acids is 1. The summed E-state index contributed by atoms with van der Waals surface area (Å²) in [6.07, 6.45) is 6.32. The maximum absolute atomic E-state index is 12.6. The van der Waals surface area contributed by atoms with Crippen molar-refractivity contribution in [2.45, 2.75) is 82.6 Å². The highest BCUT2D eigenvalue weighted by Crippen LogP contribution is 2.44. The molecular formula is C29H37NO6. The summed E-state index contributed by atoms with van der Waals surface area (Å²) in [7, 11) is 0. The SMILES string of the molecule is C[C@H](NC(=O)OCC1c2ccccc2-c2ccccc21)C1OCC(CCCCCCCCC(=O)O)O1. The van der Waals surface area contributed by atoms with E-state index in [2.05, 4.69) is 29.6 Å². The first-order chi connectivity index (χ1) is 17.5. The number of nitrogens with one attached hydrogen (secondary N) is 1. The highest BCUT2D eigenvalue weighted by atomic mass is 16.7. The number of carbonyl (C=O) groups excluding carboxylic acids is 1. The summed E-state index contributed by atoms with van der Waals surface area (Å²) in [5, 5.41) is 11.5. The summed E-state index contributed by atoms with van der Waals surface area (Å²) in [5.74, 6) is -0.690. The van der Waals surface area contributed by atoms with E-state index in [4.69, 9.17) is 19.3 Å². The van der Waals surface area contributed by atoms with Crippen LogP contribution in [0.2, 0.25) is 0 Å². The van der Waals surface area contributed by atoms with Crippen LogP contribution < -0.4 is 5.32 Å². The van der Waals surface area contributed by atoms with E-state index in [-0.39, 0.29) is 31.1 Å². The summed E-state index contributed by atoms with van der Waals surface area (Å²) >= 11 is 0. The Labute approximate surface area is 213 Å². The van der Waals surface area contributed by atoms with Gasteiger partial charge in [0.15, 0.2) is 6.29 Å². The monoisotopic (exact) mass is 495 g/mol. The van der Waals surface area contributed by atoms with Gasteiger partial charge in [-0.15, -0.1) is 0 Å². The topological polar surface area (TPSA) is 94.1 Å². The second kappa shape index (κ2) is 12.9. The molecule has 7 nitrogen and oxygen atoms in total. The minimum absolute atomic E-state index is 0.0268. The van der Waals surface area contributed by atoms with Crippen molar-refractivity contribution in [3.63, 3.8) is 0 Å². The molecule has 1 heterocycles. The minimum Gasteiger partial charge on any atom is -0.481 e. The van der Waals surface area contributed by atoms with Crippen LogP contribution >= 0.6 is 0 Å². The van der Waals surface area contributed by atoms with E-state index in [1.807, 2.05) is 31.2 Å². The number of hydrogen-bond acceptors (Lipinski definition) is 5. The summed E-state index contributed by atoms with van der Waals surface area (Å²) in [6, 6.07) is 16.2. The predicted molar refractivity (Wildman–Crippen MR) is 137 cm³/mol. The largest absolute Gasteiger partial charge is 0.481 e. The molecule has 1 fully saturated rings. The Morgan fingerprint density at radius 1 is 0.972 bits per heavy atom. The fraction of sp³-hybridized carbons (Fsp3) is 0.517. The molecular weight excluding hydrogens is 458 g/mol. The molecule has 2 aromatic rings. The molecule has 2 N–H and O–H groups in total. The molecule has 7 heteroatoms. The number of unbranched alkanes of at least 4 members (excludes halogenated alkanes) is 5. The first kappa shape index (κ1) is 26.2. The van der Waals surface area contributed by atoms with Crippen LogP contribution in [0.5, 0.6) is 0 Å². The Kier molecular flexibility index (Phi) is 9.36. The number of carboxylic acid groups (broad SMARTS) is 1. The molecule has 0 bridgehead atoms. The fourth-order valence-electron chi connectivity index (χ4n) is 5.13. The molecule has 0 radical (unpaired) electrons. The molecule has 1 amide bonds. The Balaban J connectivity index is 1.14. The van der Waals surface area contributed by atoms with Gasteiger partial charge in [-0.2, -0.15) is 0 Å². The number of amides is 1. The number of hydrogen-bond donors (Lipinski definition) is 2. The number of fused-ring (bicyclic) bond motifs is 3. The molecule has 2 aromatic carbocycles. The number of rotatable bonds is 13. The van der Waals surface area contributed by atoms with E-state index in [0.717, 1.165) is 44.9 Å². The van der Waals surface area contributed by atoms with Gasteiger partial charge < -0.3 is 24.6 Å². The van der Waals surface area contributed by atoms with Crippen molar-refractivity contribution in [1.82, 2.24) is 5.32 Å². The van der Waals surface area contributed by atoms with E-state index in [1.54, 1.807) is 0 Å². The predicted octanol–water partition coefficient (Wildman–Crippen LogP) is 5.86. The highest BCUT2D eigenvalue weighted by molar-refractivity contribution is 5.79. The van der Waals surface area contributed by atoms with Crippen LogP contribution in [0.15, 0.2) is 48.5 Å². The maximum atomic E-state index is 12.6. The van der Waals surface area contributed by atoms with Crippen LogP contribution in [0.4, 0.5) is 4.79 Å². The van der Waals surface area contributed by atoms with Gasteiger partial charge in [-0.05, 0) is 42.0 Å². The van der Waals surface area contributed by atoms with Crippen LogP contribution in [0.25, 0.3) is 11.1 Å². The quantitative estimate of drug-likeness (QED) is 0.338. The lowest BCUT2D eigenvalue weighted by Crippen LogP contribution is -2.42. The smallest absolute Gasteiger partial charge is 0.407 e. The molecule has 0 saturated carbocycles. The summed E-state index contributed by atoms with van der Waals surface area (Å²) in [4.78, 5) is 23.1. The van der Waals surface area contributed by atoms with E-state index < -0.39 is 18.4 Å². The average Bonchev–Trinajstić information content (AvgIpc) is 3.47. The number of alkyl carbamates (subject to hydrolysis) is 1. The van der Waals surface area contributed by atoms with Gasteiger partial charge in [-0.25, -0.2) is 4.79 Å². The van der Waals surface area contributed by atoms with Gasteiger partial charge in [0, 0.05) is 12.3 Å². The van der Waals surface area contributed by atoms with Crippen LogP contribution in [-0.4, -0.2) is 48.8 Å². The summed E-state index contributed by atoms with van der Waals surface area (Å²) in [5.41, 5.74) is 4.77. The van der Waals surface area contributed by atoms with Crippen molar-refractivity contribution in [3.8, 4) is 11.1 Å². The van der Waals surface area contributed by atoms with Gasteiger partial charge in [0.25, 0.3) is 0 Å². The Bertz CT molecular complexity index is 979. The Morgan fingerprint density at radius 2 is 1.58 bits per heavy atom. The highest BCUT2D eigenvalue weighted by Gasteiger charge is 2.32. The summed E-state index contributed by atoms with van der Waals surface area (Å²) < 4.78 is 17.4. The minimum atomic E-state index is -0.717. The first-order valence-corrected chi connectivity index (χ1v) is 13.1. The zero-order valence-electron chi connectivity index (χ0n) is 21.0. The third kappa shape index (κ3) is 6.86. The van der Waals surface area contributed by atoms with Gasteiger partial charge in [0.2, 0.25) is 0 Å². The lowest BCUT2D eigenvalue weighted by molar-refractivity contribution is -0.137. The second-order valence-corrected chi connectivity index (χ2v) is 9.77. The normalized spacial score (nSPS) is 19.5. The van der Waals surface area contributed by atoms with Gasteiger partial charge in [0.05, 0.1) is 18.8 Å². The molecule has 2 unspecified atom stereocenters. The van der Waals surface area contributed by atoms with Gasteiger partial charge in [-0.1, -0.05) is 80.6 Å². The van der Waals surface area contributed by atoms with E-state index in [0.29, 0.717) is 6.61 Å². The number of benzene rings is 2. The molecule has 0 aromatic heterocycles. The Hall–Kier alpha value is -2.90. The molecule has 1 aliphatic carbocycles. The standard InChI is InChI=1S/C29H37NO6/c1-20(28-34-18-21(36-28)12-6-4-2-3-5-7-17-27(31)32)30-29(33)35-19-26-24-15-10-8-13-22(24)23-14-9-11-16-25(23)26/h8-11,13-16,20-21,26,28H,2-7,12,17-19H2,1H3,(H,30,33)(H,31,32)/t20-,21?,28?/m0/s1. The molecule has 0 spiro atoms. The number of ether oxygens (including phenoxy) is 3. The Morgan fingerprint density at radius 3 is 2.25 bits per heavy atom. The molecule has 1 saturated heterocycles. The van der Waals surface area contributed by atoms with E-state index in [1.165, 1.54) is 22.3 Å². The van der Waals surface area contributed by atoms with Crippen molar-refractivity contribution >= 4 is 12.1 Å². The van der Waals surface area contributed by atoms with Crippen molar-refractivity contribution < 1.29 is 28.9 Å². The van der Waals surface area contributed by atoms with E-state index in [9.17, 15) is 9.59 Å². The lowest BCUT2D eigenvalue weighted by Gasteiger charge is -2.21. The molecule has 3 atom stereocenters. The van der Waals surface area contributed by atoms with Crippen LogP contribution in [-0.2, 0) is 19.0 Å². The molecule has 36 heavy (non-hydrogen) atoms. The van der Waals surface area contributed by atoms with Gasteiger partial charge in [0.1, 0.15) is 6.61 Å². The second-order valence-electron chi connectivity index (χ2n) is 9.77. The van der Waals surface area contributed by atoms with E-state index >= 15 is 0 Å². The van der Waals surface area contributed by atoms with Gasteiger partial charge >= 0.3 is 12.1 Å². The third-order valence-corrected chi connectivity index (χ3v) is 7.04. The van der Waals surface area contributed by atoms with Crippen LogP contribution in [0, 0.1) is 0 Å². The summed E-state index contributed by atoms with van der Waals surface area (Å²) in [6.45, 7) is 2.67. The van der Waals surface area contributed by atoms with Crippen LogP contribution in [0.1, 0.15) is 75.3 Å². The third-order valence-electron chi connectivity index (χ3n) is 7.04. The molecule has 2 aliphatic rings. The van der Waals surface area contributed by atoms with Gasteiger partial charge in [-0.3, -0.25) is 4.79 Å². The van der Waals surface area contributed by atoms with Crippen molar-refractivity contribution in [3.05, 3.63) is 59.7 Å². The lowest BCUT2D eigenvalue weighted by atomic mass is 9.98. The molecule has 1 aliphatic heterocycles. The maximum Gasteiger partial charge on any atom is 0.407 e. The first-order valence-electron chi connectivity index (χ1n) is 13.1. The zero-order valence-corrected chi connectivity index (χ0v) is 21.0. The average molecular weight is 496 g/mol. The fourth-order valence-corrected chi connectivity index (χ4v) is 5.13. The van der Waals surface area contributed by atoms with Crippen LogP contribution in [0.3, 0.4) is 0 Å². The van der Waals surface area contributed by atoms with Crippen molar-refractivity contribution in [2.75, 3.05) is 13.2 Å². The number of carbonyl (C=O) groups is 2. The molecule has 4 rings (SSSR count). The zero-order chi connectivity index (χ0) is 25.3.